The van der Waals surface area contributed by atoms with Crippen LogP contribution < -0.4 is 0 Å². The Bertz CT molecular complexity index is 521. The van der Waals surface area contributed by atoms with Gasteiger partial charge in [0.15, 0.2) is 0 Å². The van der Waals surface area contributed by atoms with Crippen LogP contribution in [0.2, 0.25) is 0 Å². The van der Waals surface area contributed by atoms with Gasteiger partial charge in [0, 0.05) is 18.1 Å². The molecule has 0 unspecified atom stereocenters. The number of thiol groups is 1. The van der Waals surface area contributed by atoms with Crippen molar-refractivity contribution in [3.8, 4) is 0 Å². The molecule has 24 heavy (non-hydrogen) atoms. The van der Waals surface area contributed by atoms with Gasteiger partial charge in [-0.15, -0.1) is 23.5 Å². The number of rotatable bonds is 6. The highest BCUT2D eigenvalue weighted by Crippen LogP contribution is 2.43. The van der Waals surface area contributed by atoms with Gasteiger partial charge >= 0.3 is 12.1 Å². The third kappa shape index (κ3) is 7.27. The Morgan fingerprint density at radius 1 is 1.25 bits per heavy atom. The van der Waals surface area contributed by atoms with Crippen molar-refractivity contribution < 1.29 is 19.4 Å². The number of benzene rings is 1. The summed E-state index contributed by atoms with van der Waals surface area (Å²) in [5, 5.41) is 9.01. The van der Waals surface area contributed by atoms with E-state index in [9.17, 15) is 9.59 Å². The summed E-state index contributed by atoms with van der Waals surface area (Å²) in [5.74, 6) is 0.996. The highest BCUT2D eigenvalue weighted by Gasteiger charge is 2.35. The average Bonchev–Trinajstić information content (AvgIpc) is 3.01. The quantitative estimate of drug-likeness (QED) is 0.727. The number of carbonyl (C=O) groups is 2. The van der Waals surface area contributed by atoms with Crippen molar-refractivity contribution in [1.29, 1.82) is 0 Å². The molecule has 2 rings (SSSR count). The molecule has 0 saturated carbocycles. The number of carboxylic acid groups (broad SMARTS) is 1. The Kier molecular flexibility index (Phi) is 9.46. The molecule has 1 aliphatic heterocycles. The van der Waals surface area contributed by atoms with Crippen LogP contribution >= 0.6 is 36.2 Å². The molecule has 0 spiro atoms. The van der Waals surface area contributed by atoms with Crippen LogP contribution in [-0.2, 0) is 16.1 Å². The van der Waals surface area contributed by atoms with Crippen LogP contribution in [0.25, 0.3) is 0 Å². The summed E-state index contributed by atoms with van der Waals surface area (Å²) in [6.07, 6.45) is 1.11. The van der Waals surface area contributed by atoms with Gasteiger partial charge in [-0.05, 0) is 18.7 Å². The van der Waals surface area contributed by atoms with Gasteiger partial charge in [0.25, 0.3) is 0 Å². The number of thioether (sulfide) groups is 2. The summed E-state index contributed by atoms with van der Waals surface area (Å²) < 4.78 is 5.09. The largest absolute Gasteiger partial charge is 0.480 e. The monoisotopic (exact) mass is 389 g/mol. The third-order valence-electron chi connectivity index (χ3n) is 3.17. The number of hydrogen-bond acceptors (Lipinski definition) is 6. The van der Waals surface area contributed by atoms with E-state index in [1.807, 2.05) is 37.3 Å². The predicted molar refractivity (Wildman–Crippen MR) is 104 cm³/mol. The van der Waals surface area contributed by atoms with Gasteiger partial charge in [-0.1, -0.05) is 30.3 Å². The normalized spacial score (nSPS) is 15.1. The SMILES string of the molecule is CC1(CN(CC(=O)O)C(=O)OCc2ccccc2)SCCS1.CS. The first kappa shape index (κ1) is 21.1. The summed E-state index contributed by atoms with van der Waals surface area (Å²) in [7, 11) is 0. The second kappa shape index (κ2) is 10.8. The Labute approximate surface area is 156 Å². The summed E-state index contributed by atoms with van der Waals surface area (Å²) in [4.78, 5) is 24.5. The van der Waals surface area contributed by atoms with Gasteiger partial charge in [-0.2, -0.15) is 12.6 Å². The van der Waals surface area contributed by atoms with E-state index < -0.39 is 12.1 Å². The minimum Gasteiger partial charge on any atom is -0.480 e. The molecule has 1 aromatic carbocycles. The zero-order chi connectivity index (χ0) is 18.0. The summed E-state index contributed by atoms with van der Waals surface area (Å²) in [5.41, 5.74) is 0.877. The molecule has 1 saturated heterocycles. The summed E-state index contributed by atoms with van der Waals surface area (Å²) in [6, 6.07) is 9.34. The molecule has 0 bridgehead atoms. The number of carbonyl (C=O) groups excluding carboxylic acids is 1. The van der Waals surface area contributed by atoms with Crippen LogP contribution in [0, 0.1) is 0 Å². The molecule has 8 heteroatoms. The molecule has 1 heterocycles. The van der Waals surface area contributed by atoms with Crippen molar-refractivity contribution in [2.75, 3.05) is 30.9 Å². The first-order chi connectivity index (χ1) is 11.5. The van der Waals surface area contributed by atoms with Crippen LogP contribution in [-0.4, -0.2) is 57.0 Å². The van der Waals surface area contributed by atoms with Gasteiger partial charge < -0.3 is 9.84 Å². The zero-order valence-corrected chi connectivity index (χ0v) is 16.3. The predicted octanol–water partition coefficient (Wildman–Crippen LogP) is 3.45. The van der Waals surface area contributed by atoms with E-state index in [2.05, 4.69) is 12.6 Å². The van der Waals surface area contributed by atoms with Gasteiger partial charge in [0.2, 0.25) is 0 Å². The maximum absolute atomic E-state index is 12.2. The lowest BCUT2D eigenvalue weighted by Gasteiger charge is -2.29. The van der Waals surface area contributed by atoms with Crippen molar-refractivity contribution in [2.24, 2.45) is 0 Å². The molecule has 134 valence electrons. The van der Waals surface area contributed by atoms with Gasteiger partial charge in [-0.3, -0.25) is 9.69 Å². The Hall–Kier alpha value is -0.990. The lowest BCUT2D eigenvalue weighted by atomic mass is 10.2. The molecule has 5 nitrogen and oxygen atoms in total. The smallest absolute Gasteiger partial charge is 0.410 e. The van der Waals surface area contributed by atoms with Gasteiger partial charge in [-0.25, -0.2) is 4.79 Å². The van der Waals surface area contributed by atoms with Crippen molar-refractivity contribution in [3.05, 3.63) is 35.9 Å². The van der Waals surface area contributed by atoms with E-state index in [1.165, 1.54) is 4.90 Å². The minimum absolute atomic E-state index is 0.146. The van der Waals surface area contributed by atoms with Crippen LogP contribution in [0.5, 0.6) is 0 Å². The molecule has 1 amide bonds. The first-order valence-electron chi connectivity index (χ1n) is 7.38. The second-order valence-corrected chi connectivity index (χ2v) is 8.58. The maximum atomic E-state index is 12.2. The van der Waals surface area contributed by atoms with Crippen LogP contribution in [0.15, 0.2) is 30.3 Å². The standard InChI is InChI=1S/C15H19NO4S2.CH4S/c1-15(21-7-8-22-15)11-16(9-13(17)18)14(19)20-10-12-5-3-2-4-6-12;1-2/h2-6H,7-11H2,1H3,(H,17,18);2H,1H3. The fourth-order valence-corrected chi connectivity index (χ4v) is 5.01. The minimum atomic E-state index is -1.03. The summed E-state index contributed by atoms with van der Waals surface area (Å²) >= 11 is 7.03. The van der Waals surface area contributed by atoms with Crippen molar-refractivity contribution in [3.63, 3.8) is 0 Å². The first-order valence-corrected chi connectivity index (χ1v) is 10.3. The molecule has 0 aromatic heterocycles. The molecule has 0 aliphatic carbocycles. The molecule has 1 aliphatic rings. The van der Waals surface area contributed by atoms with E-state index in [4.69, 9.17) is 9.84 Å². The zero-order valence-electron chi connectivity index (χ0n) is 13.8. The second-order valence-electron chi connectivity index (χ2n) is 5.12. The van der Waals surface area contributed by atoms with E-state index in [-0.39, 0.29) is 17.2 Å². The lowest BCUT2D eigenvalue weighted by Crippen LogP contribution is -2.43. The highest BCUT2D eigenvalue weighted by atomic mass is 32.2. The molecule has 1 fully saturated rings. The fourth-order valence-electron chi connectivity index (χ4n) is 2.15. The molecule has 1 aromatic rings. The number of hydrogen-bond donors (Lipinski definition) is 2. The number of aliphatic carboxylic acids is 1. The van der Waals surface area contributed by atoms with Crippen LogP contribution in [0.1, 0.15) is 12.5 Å². The van der Waals surface area contributed by atoms with Crippen molar-refractivity contribution >= 4 is 48.2 Å². The van der Waals surface area contributed by atoms with Crippen molar-refractivity contribution in [1.82, 2.24) is 4.90 Å². The molecular weight excluding hydrogens is 366 g/mol. The van der Waals surface area contributed by atoms with Crippen molar-refractivity contribution in [2.45, 2.75) is 17.6 Å². The van der Waals surface area contributed by atoms with E-state index in [0.29, 0.717) is 6.54 Å². The average molecular weight is 390 g/mol. The number of nitrogens with zero attached hydrogens (tertiary/aromatic N) is 1. The van der Waals surface area contributed by atoms with E-state index >= 15 is 0 Å². The Morgan fingerprint density at radius 3 is 2.38 bits per heavy atom. The molecule has 0 radical (unpaired) electrons. The molecule has 1 N–H and O–H groups in total. The molecule has 0 atom stereocenters. The number of amides is 1. The van der Waals surface area contributed by atoms with Crippen LogP contribution in [0.3, 0.4) is 0 Å². The number of ether oxygens (including phenoxy) is 1. The van der Waals surface area contributed by atoms with E-state index in [0.717, 1.165) is 17.1 Å². The highest BCUT2D eigenvalue weighted by molar-refractivity contribution is 8.21. The Morgan fingerprint density at radius 2 is 1.83 bits per heavy atom. The third-order valence-corrected chi connectivity index (χ3v) is 6.43. The lowest BCUT2D eigenvalue weighted by molar-refractivity contribution is -0.138. The molecular formula is C16H23NO4S3. The topological polar surface area (TPSA) is 66.8 Å². The van der Waals surface area contributed by atoms with Gasteiger partial charge in [0.05, 0.1) is 4.08 Å². The van der Waals surface area contributed by atoms with E-state index in [1.54, 1.807) is 29.8 Å². The fraction of sp³-hybridized carbons (Fsp3) is 0.500. The van der Waals surface area contributed by atoms with Gasteiger partial charge in [0.1, 0.15) is 13.2 Å². The summed E-state index contributed by atoms with van der Waals surface area (Å²) in [6.45, 7) is 2.20. The Balaban J connectivity index is 0.00000139. The maximum Gasteiger partial charge on any atom is 0.410 e. The van der Waals surface area contributed by atoms with Crippen LogP contribution in [0.4, 0.5) is 4.79 Å². The number of carboxylic acids is 1.